The van der Waals surface area contributed by atoms with E-state index in [0.717, 1.165) is 19.3 Å². The van der Waals surface area contributed by atoms with Crippen molar-refractivity contribution >= 4 is 17.8 Å². The van der Waals surface area contributed by atoms with Crippen LogP contribution in [0.15, 0.2) is 12.2 Å². The zero-order valence-corrected chi connectivity index (χ0v) is 13.9. The van der Waals surface area contributed by atoms with Crippen LogP contribution in [0.4, 0.5) is 4.79 Å². The van der Waals surface area contributed by atoms with E-state index >= 15 is 0 Å². The molecule has 1 aliphatic heterocycles. The Morgan fingerprint density at radius 1 is 1.04 bits per heavy atom. The van der Waals surface area contributed by atoms with E-state index in [1.54, 1.807) is 0 Å². The third-order valence-corrected chi connectivity index (χ3v) is 6.12. The first-order valence-corrected chi connectivity index (χ1v) is 9.23. The van der Waals surface area contributed by atoms with Crippen LogP contribution >= 0.6 is 0 Å². The molecule has 2 N–H and O–H groups in total. The van der Waals surface area contributed by atoms with E-state index in [9.17, 15) is 14.4 Å². The molecule has 4 rings (SSSR count). The molecule has 2 saturated carbocycles. The molecule has 4 atom stereocenters. The number of fused-ring (bicyclic) bond motifs is 5. The monoisotopic (exact) mass is 331 g/mol. The lowest BCUT2D eigenvalue weighted by Crippen LogP contribution is -2.46. The van der Waals surface area contributed by atoms with Crippen LogP contribution in [0.25, 0.3) is 0 Å². The number of nitrogens with zero attached hydrogens (tertiary/aromatic N) is 1. The number of carbonyl (C=O) groups is 3. The van der Waals surface area contributed by atoms with E-state index in [2.05, 4.69) is 22.8 Å². The van der Waals surface area contributed by atoms with E-state index in [1.807, 2.05) is 0 Å². The lowest BCUT2D eigenvalue weighted by molar-refractivity contribution is -0.140. The molecular formula is C18H25N3O3. The summed E-state index contributed by atoms with van der Waals surface area (Å²) in [4.78, 5) is 38.3. The Hall–Kier alpha value is -1.85. The molecule has 4 amide bonds. The van der Waals surface area contributed by atoms with Crippen molar-refractivity contribution in [2.45, 2.75) is 44.6 Å². The van der Waals surface area contributed by atoms with E-state index in [1.165, 1.54) is 24.2 Å². The maximum atomic E-state index is 12.5. The molecule has 4 aliphatic rings. The molecule has 6 heteroatoms. The van der Waals surface area contributed by atoms with Crippen molar-refractivity contribution in [3.05, 3.63) is 12.2 Å². The SMILES string of the molecule is O=C(NCCN1C(=O)[C@@H]2[C@H](C1=O)[C@H]1C=C[C@H]2C1)NC1CCCCC1. The van der Waals surface area contributed by atoms with Crippen LogP contribution < -0.4 is 10.6 Å². The summed E-state index contributed by atoms with van der Waals surface area (Å²) in [7, 11) is 0. The molecule has 24 heavy (non-hydrogen) atoms. The molecular weight excluding hydrogens is 306 g/mol. The summed E-state index contributed by atoms with van der Waals surface area (Å²) in [6.45, 7) is 0.598. The topological polar surface area (TPSA) is 78.5 Å². The van der Waals surface area contributed by atoms with Crippen LogP contribution in [0.2, 0.25) is 0 Å². The second-order valence-electron chi connectivity index (χ2n) is 7.56. The Kier molecular flexibility index (Phi) is 4.06. The molecule has 2 bridgehead atoms. The second kappa shape index (κ2) is 6.22. The maximum Gasteiger partial charge on any atom is 0.315 e. The first-order valence-electron chi connectivity index (χ1n) is 9.23. The fourth-order valence-electron chi connectivity index (χ4n) is 4.95. The number of hydrogen-bond donors (Lipinski definition) is 2. The number of nitrogens with one attached hydrogen (secondary N) is 2. The minimum atomic E-state index is -0.192. The van der Waals surface area contributed by atoms with Gasteiger partial charge in [0.2, 0.25) is 11.8 Å². The van der Waals surface area contributed by atoms with Gasteiger partial charge in [0.25, 0.3) is 0 Å². The molecule has 0 aromatic rings. The van der Waals surface area contributed by atoms with Crippen LogP contribution in [0.1, 0.15) is 38.5 Å². The second-order valence-corrected chi connectivity index (χ2v) is 7.56. The third kappa shape index (κ3) is 2.62. The van der Waals surface area contributed by atoms with Crippen molar-refractivity contribution < 1.29 is 14.4 Å². The predicted molar refractivity (Wildman–Crippen MR) is 87.8 cm³/mol. The molecule has 1 saturated heterocycles. The van der Waals surface area contributed by atoms with Crippen LogP contribution in [0.3, 0.4) is 0 Å². The number of likely N-dealkylation sites (tertiary alicyclic amines) is 1. The number of allylic oxidation sites excluding steroid dienone is 2. The van der Waals surface area contributed by atoms with Crippen molar-refractivity contribution in [1.82, 2.24) is 15.5 Å². The fraction of sp³-hybridized carbons (Fsp3) is 0.722. The summed E-state index contributed by atoms with van der Waals surface area (Å²) in [6, 6.07) is 0.0674. The van der Waals surface area contributed by atoms with E-state index in [0.29, 0.717) is 6.54 Å². The van der Waals surface area contributed by atoms with Crippen molar-refractivity contribution in [1.29, 1.82) is 0 Å². The van der Waals surface area contributed by atoms with E-state index in [-0.39, 0.29) is 54.1 Å². The summed E-state index contributed by atoms with van der Waals surface area (Å²) in [5.74, 6) is 0.0906. The van der Waals surface area contributed by atoms with Crippen LogP contribution in [0, 0.1) is 23.7 Å². The molecule has 6 nitrogen and oxygen atoms in total. The molecule has 0 unspecified atom stereocenters. The van der Waals surface area contributed by atoms with Crippen molar-refractivity contribution in [2.24, 2.45) is 23.7 Å². The molecule has 1 heterocycles. The van der Waals surface area contributed by atoms with Gasteiger partial charge in [-0.1, -0.05) is 31.4 Å². The van der Waals surface area contributed by atoms with Crippen molar-refractivity contribution in [2.75, 3.05) is 13.1 Å². The van der Waals surface area contributed by atoms with Crippen molar-refractivity contribution in [3.63, 3.8) is 0 Å². The lowest BCUT2D eigenvalue weighted by atomic mass is 9.85. The standard InChI is InChI=1S/C18H25N3O3/c22-16-14-11-6-7-12(10-11)15(14)17(23)21(16)9-8-19-18(24)20-13-4-2-1-3-5-13/h6-7,11-15H,1-5,8-10H2,(H2,19,20,24)/t11-,12-,14-,15+/m0/s1. The minimum Gasteiger partial charge on any atom is -0.336 e. The molecule has 0 aromatic heterocycles. The Morgan fingerprint density at radius 3 is 2.29 bits per heavy atom. The number of urea groups is 1. The third-order valence-electron chi connectivity index (χ3n) is 6.12. The molecule has 3 aliphatic carbocycles. The highest BCUT2D eigenvalue weighted by Crippen LogP contribution is 2.52. The summed E-state index contributed by atoms with van der Waals surface area (Å²) >= 11 is 0. The van der Waals surface area contributed by atoms with Crippen LogP contribution in [-0.4, -0.2) is 41.9 Å². The maximum absolute atomic E-state index is 12.5. The van der Waals surface area contributed by atoms with Crippen LogP contribution in [-0.2, 0) is 9.59 Å². The van der Waals surface area contributed by atoms with Gasteiger partial charge in [-0.05, 0) is 31.1 Å². The number of carbonyl (C=O) groups excluding carboxylic acids is 3. The Labute approximate surface area is 142 Å². The first-order chi connectivity index (χ1) is 11.6. The Morgan fingerprint density at radius 2 is 1.67 bits per heavy atom. The summed E-state index contributed by atoms with van der Waals surface area (Å²) < 4.78 is 0. The minimum absolute atomic E-state index is 0.0451. The van der Waals surface area contributed by atoms with Gasteiger partial charge < -0.3 is 10.6 Å². The van der Waals surface area contributed by atoms with Gasteiger partial charge in [-0.15, -0.1) is 0 Å². The van der Waals surface area contributed by atoms with E-state index in [4.69, 9.17) is 0 Å². The van der Waals surface area contributed by atoms with Gasteiger partial charge in [-0.2, -0.15) is 0 Å². The highest BCUT2D eigenvalue weighted by molar-refractivity contribution is 6.06. The quantitative estimate of drug-likeness (QED) is 0.604. The average molecular weight is 331 g/mol. The summed E-state index contributed by atoms with van der Waals surface area (Å²) in [5.41, 5.74) is 0. The zero-order chi connectivity index (χ0) is 16.7. The fourth-order valence-corrected chi connectivity index (χ4v) is 4.95. The molecule has 130 valence electrons. The highest BCUT2D eigenvalue weighted by Gasteiger charge is 2.58. The van der Waals surface area contributed by atoms with Gasteiger partial charge in [0.1, 0.15) is 0 Å². The highest BCUT2D eigenvalue weighted by atomic mass is 16.2. The van der Waals surface area contributed by atoms with Gasteiger partial charge in [0, 0.05) is 19.1 Å². The largest absolute Gasteiger partial charge is 0.336 e. The van der Waals surface area contributed by atoms with Gasteiger partial charge in [0.05, 0.1) is 11.8 Å². The normalized spacial score (nSPS) is 34.8. The van der Waals surface area contributed by atoms with E-state index < -0.39 is 0 Å². The van der Waals surface area contributed by atoms with Gasteiger partial charge in [0.15, 0.2) is 0 Å². The molecule has 0 spiro atoms. The van der Waals surface area contributed by atoms with Gasteiger partial charge in [-0.25, -0.2) is 4.79 Å². The lowest BCUT2D eigenvalue weighted by Gasteiger charge is -2.23. The molecule has 0 radical (unpaired) electrons. The summed E-state index contributed by atoms with van der Waals surface area (Å²) in [6.07, 6.45) is 10.8. The Balaban J connectivity index is 1.25. The number of imide groups is 1. The van der Waals surface area contributed by atoms with Crippen molar-refractivity contribution in [3.8, 4) is 0 Å². The summed E-state index contributed by atoms with van der Waals surface area (Å²) in [5, 5.41) is 5.77. The predicted octanol–water partition coefficient (Wildman–Crippen LogP) is 1.43. The van der Waals surface area contributed by atoms with Gasteiger partial charge in [-0.3, -0.25) is 14.5 Å². The smallest absolute Gasteiger partial charge is 0.315 e. The molecule has 0 aromatic carbocycles. The number of hydrogen-bond acceptors (Lipinski definition) is 3. The number of rotatable bonds is 4. The first kappa shape index (κ1) is 15.7. The zero-order valence-electron chi connectivity index (χ0n) is 13.9. The number of amides is 4. The van der Waals surface area contributed by atoms with Crippen LogP contribution in [0.5, 0.6) is 0 Å². The Bertz CT molecular complexity index is 552. The van der Waals surface area contributed by atoms with Gasteiger partial charge >= 0.3 is 6.03 Å². The average Bonchev–Trinajstić information content (AvgIpc) is 3.25. The molecule has 3 fully saturated rings.